The Labute approximate surface area is 126 Å². The minimum absolute atomic E-state index is 0.00435. The third-order valence-corrected chi connectivity index (χ3v) is 5.21. The maximum atomic E-state index is 6.35. The molecule has 0 amide bonds. The lowest BCUT2D eigenvalue weighted by atomic mass is 10.0. The van der Waals surface area contributed by atoms with Crippen molar-refractivity contribution in [3.8, 4) is 0 Å². The number of rotatable bonds is 4. The quantitative estimate of drug-likeness (QED) is 0.745. The maximum absolute atomic E-state index is 6.35. The Morgan fingerprint density at radius 1 is 1.15 bits per heavy atom. The summed E-state index contributed by atoms with van der Waals surface area (Å²) in [7, 11) is 0. The molecule has 102 valence electrons. The van der Waals surface area contributed by atoms with Crippen molar-refractivity contribution in [2.45, 2.75) is 17.3 Å². The van der Waals surface area contributed by atoms with Gasteiger partial charge in [0.05, 0.1) is 0 Å². The molecule has 1 aromatic heterocycles. The van der Waals surface area contributed by atoms with Crippen LogP contribution in [0.25, 0.3) is 10.8 Å². The van der Waals surface area contributed by atoms with Gasteiger partial charge in [-0.15, -0.1) is 10.2 Å². The second kappa shape index (κ2) is 5.91. The SMILES string of the molecule is Cc1nnc(SCC(N)c2cccc3ccccc23)s1. The summed E-state index contributed by atoms with van der Waals surface area (Å²) in [4.78, 5) is 0. The van der Waals surface area contributed by atoms with Gasteiger partial charge in [0.25, 0.3) is 0 Å². The van der Waals surface area contributed by atoms with Crippen LogP contribution in [0.5, 0.6) is 0 Å². The van der Waals surface area contributed by atoms with E-state index in [2.05, 4.69) is 52.7 Å². The lowest BCUT2D eigenvalue weighted by molar-refractivity contribution is 0.838. The molecule has 3 rings (SSSR count). The fraction of sp³-hybridized carbons (Fsp3) is 0.200. The smallest absolute Gasteiger partial charge is 0.174 e. The van der Waals surface area contributed by atoms with E-state index in [1.165, 1.54) is 16.3 Å². The van der Waals surface area contributed by atoms with E-state index in [9.17, 15) is 0 Å². The Morgan fingerprint density at radius 2 is 1.95 bits per heavy atom. The van der Waals surface area contributed by atoms with Gasteiger partial charge in [-0.25, -0.2) is 0 Å². The van der Waals surface area contributed by atoms with Crippen molar-refractivity contribution < 1.29 is 0 Å². The van der Waals surface area contributed by atoms with E-state index in [1.807, 2.05) is 6.92 Å². The monoisotopic (exact) mass is 301 g/mol. The summed E-state index contributed by atoms with van der Waals surface area (Å²) in [5, 5.41) is 11.6. The van der Waals surface area contributed by atoms with E-state index in [4.69, 9.17) is 5.73 Å². The lowest BCUT2D eigenvalue weighted by Gasteiger charge is -2.13. The Kier molecular flexibility index (Phi) is 4.00. The van der Waals surface area contributed by atoms with E-state index in [1.54, 1.807) is 23.1 Å². The van der Waals surface area contributed by atoms with Crippen molar-refractivity contribution in [1.82, 2.24) is 10.2 Å². The van der Waals surface area contributed by atoms with Gasteiger partial charge in [0, 0.05) is 11.8 Å². The van der Waals surface area contributed by atoms with Crippen molar-refractivity contribution in [1.29, 1.82) is 0 Å². The van der Waals surface area contributed by atoms with Crippen molar-refractivity contribution in [3.63, 3.8) is 0 Å². The largest absolute Gasteiger partial charge is 0.323 e. The van der Waals surface area contributed by atoms with Crippen LogP contribution >= 0.6 is 23.1 Å². The second-order valence-corrected chi connectivity index (χ2v) is 7.02. The van der Waals surface area contributed by atoms with Crippen LogP contribution in [0.2, 0.25) is 0 Å². The number of hydrogen-bond acceptors (Lipinski definition) is 5. The molecule has 3 nitrogen and oxygen atoms in total. The molecule has 0 bridgehead atoms. The highest BCUT2D eigenvalue weighted by Crippen LogP contribution is 2.29. The summed E-state index contributed by atoms with van der Waals surface area (Å²) in [5.74, 6) is 0.808. The van der Waals surface area contributed by atoms with Crippen LogP contribution in [-0.4, -0.2) is 16.0 Å². The van der Waals surface area contributed by atoms with E-state index < -0.39 is 0 Å². The van der Waals surface area contributed by atoms with Gasteiger partial charge in [0.1, 0.15) is 5.01 Å². The highest BCUT2D eigenvalue weighted by Gasteiger charge is 2.11. The summed E-state index contributed by atoms with van der Waals surface area (Å²) in [6.45, 7) is 1.96. The van der Waals surface area contributed by atoms with Gasteiger partial charge in [0.15, 0.2) is 4.34 Å². The topological polar surface area (TPSA) is 51.8 Å². The Balaban J connectivity index is 1.80. The predicted octanol–water partition coefficient (Wildman–Crippen LogP) is 3.79. The van der Waals surface area contributed by atoms with Crippen LogP contribution < -0.4 is 5.73 Å². The third kappa shape index (κ3) is 2.85. The zero-order valence-electron chi connectivity index (χ0n) is 11.1. The molecule has 1 unspecified atom stereocenters. The summed E-state index contributed by atoms with van der Waals surface area (Å²) in [6.07, 6.45) is 0. The normalized spacial score (nSPS) is 12.7. The Hall–Kier alpha value is -1.43. The maximum Gasteiger partial charge on any atom is 0.174 e. The fourth-order valence-electron chi connectivity index (χ4n) is 2.16. The van der Waals surface area contributed by atoms with Crippen LogP contribution in [0, 0.1) is 6.92 Å². The van der Waals surface area contributed by atoms with Crippen LogP contribution in [-0.2, 0) is 0 Å². The van der Waals surface area contributed by atoms with E-state index >= 15 is 0 Å². The fourth-order valence-corrected chi connectivity index (χ4v) is 3.98. The highest BCUT2D eigenvalue weighted by atomic mass is 32.2. The minimum Gasteiger partial charge on any atom is -0.323 e. The zero-order chi connectivity index (χ0) is 13.9. The molecule has 1 heterocycles. The van der Waals surface area contributed by atoms with Crippen molar-refractivity contribution in [2.75, 3.05) is 5.75 Å². The van der Waals surface area contributed by atoms with Gasteiger partial charge in [-0.2, -0.15) is 0 Å². The summed E-state index contributed by atoms with van der Waals surface area (Å²) in [5.41, 5.74) is 7.54. The van der Waals surface area contributed by atoms with Crippen LogP contribution in [0.4, 0.5) is 0 Å². The van der Waals surface area contributed by atoms with Crippen LogP contribution in [0.15, 0.2) is 46.8 Å². The minimum atomic E-state index is -0.00435. The summed E-state index contributed by atoms with van der Waals surface area (Å²) < 4.78 is 0.984. The molecule has 5 heteroatoms. The molecule has 0 spiro atoms. The zero-order valence-corrected chi connectivity index (χ0v) is 12.7. The summed E-state index contributed by atoms with van der Waals surface area (Å²) in [6, 6.07) is 14.6. The lowest BCUT2D eigenvalue weighted by Crippen LogP contribution is -2.13. The molecule has 1 atom stereocenters. The number of nitrogens with two attached hydrogens (primary N) is 1. The molecule has 3 aromatic rings. The number of fused-ring (bicyclic) bond motifs is 1. The molecule has 2 N–H and O–H groups in total. The average molecular weight is 301 g/mol. The molecule has 2 aromatic carbocycles. The van der Waals surface area contributed by atoms with E-state index in [0.29, 0.717) is 0 Å². The van der Waals surface area contributed by atoms with Crippen molar-refractivity contribution in [2.24, 2.45) is 5.73 Å². The van der Waals surface area contributed by atoms with E-state index in [-0.39, 0.29) is 6.04 Å². The van der Waals surface area contributed by atoms with Gasteiger partial charge >= 0.3 is 0 Å². The molecule has 0 aliphatic heterocycles. The molecule has 20 heavy (non-hydrogen) atoms. The van der Waals surface area contributed by atoms with Gasteiger partial charge in [-0.3, -0.25) is 0 Å². The second-order valence-electron chi connectivity index (χ2n) is 4.57. The van der Waals surface area contributed by atoms with Gasteiger partial charge in [-0.1, -0.05) is 65.6 Å². The molecule has 0 fully saturated rings. The number of aromatic nitrogens is 2. The molecule has 0 radical (unpaired) electrons. The van der Waals surface area contributed by atoms with Gasteiger partial charge in [-0.05, 0) is 23.3 Å². The molecule has 0 saturated heterocycles. The molecule has 0 aliphatic rings. The Bertz CT molecular complexity index is 718. The number of nitrogens with zero attached hydrogens (tertiary/aromatic N) is 2. The van der Waals surface area contributed by atoms with Crippen molar-refractivity contribution in [3.05, 3.63) is 53.0 Å². The number of aryl methyl sites for hydroxylation is 1. The van der Waals surface area contributed by atoms with Gasteiger partial charge < -0.3 is 5.73 Å². The standard InChI is InChI=1S/C15H15N3S2/c1-10-17-18-15(20-10)19-9-14(16)13-8-4-6-11-5-2-3-7-12(11)13/h2-8,14H,9,16H2,1H3. The Morgan fingerprint density at radius 3 is 2.75 bits per heavy atom. The third-order valence-electron chi connectivity index (χ3n) is 3.12. The van der Waals surface area contributed by atoms with Crippen molar-refractivity contribution >= 4 is 33.9 Å². The first-order valence-corrected chi connectivity index (χ1v) is 8.20. The number of hydrogen-bond donors (Lipinski definition) is 1. The first-order chi connectivity index (χ1) is 9.74. The van der Waals surface area contributed by atoms with E-state index in [0.717, 1.165) is 15.1 Å². The average Bonchev–Trinajstić information content (AvgIpc) is 2.90. The molecule has 0 saturated carbocycles. The first-order valence-electron chi connectivity index (χ1n) is 6.40. The highest BCUT2D eigenvalue weighted by molar-refractivity contribution is 8.01. The van der Waals surface area contributed by atoms with Crippen LogP contribution in [0.1, 0.15) is 16.6 Å². The molecular weight excluding hydrogens is 286 g/mol. The molecular formula is C15H15N3S2. The summed E-state index contributed by atoms with van der Waals surface area (Å²) >= 11 is 3.29. The molecule has 0 aliphatic carbocycles. The number of benzene rings is 2. The number of thioether (sulfide) groups is 1. The van der Waals surface area contributed by atoms with Crippen LogP contribution in [0.3, 0.4) is 0 Å². The predicted molar refractivity (Wildman–Crippen MR) is 86.2 cm³/mol. The van der Waals surface area contributed by atoms with Gasteiger partial charge in [0.2, 0.25) is 0 Å². The first kappa shape index (κ1) is 13.5.